The smallest absolute Gasteiger partial charge is 0.194 e. The van der Waals surface area contributed by atoms with Crippen molar-refractivity contribution in [2.24, 2.45) is 0 Å². The van der Waals surface area contributed by atoms with E-state index in [1.807, 2.05) is 12.1 Å². The first-order valence-electron chi connectivity index (χ1n) is 10.1. The molecule has 1 aliphatic rings. The van der Waals surface area contributed by atoms with Gasteiger partial charge >= 0.3 is 0 Å². The standard InChI is InChI=1S/C25H23F3O/c1-2-3-21-12-13-24(29-21)19-10-8-17(9-11-19)16-4-6-18(7-5-16)20-14-22(26)25(28)23(27)15-20/h4-11,14-15,21,24H,2-3,12-13H2,1H3. The first kappa shape index (κ1) is 19.7. The molecule has 1 saturated heterocycles. The lowest BCUT2D eigenvalue weighted by Crippen LogP contribution is -2.05. The van der Waals surface area contributed by atoms with Crippen molar-refractivity contribution < 1.29 is 17.9 Å². The quantitative estimate of drug-likeness (QED) is 0.407. The van der Waals surface area contributed by atoms with Crippen LogP contribution in [0.2, 0.25) is 0 Å². The van der Waals surface area contributed by atoms with Gasteiger partial charge in [-0.05, 0) is 59.2 Å². The van der Waals surface area contributed by atoms with E-state index in [9.17, 15) is 13.2 Å². The Balaban J connectivity index is 1.50. The van der Waals surface area contributed by atoms with Crippen LogP contribution < -0.4 is 0 Å². The Hall–Kier alpha value is -2.59. The molecular formula is C25H23F3O. The van der Waals surface area contributed by atoms with Crippen molar-refractivity contribution in [1.82, 2.24) is 0 Å². The van der Waals surface area contributed by atoms with E-state index < -0.39 is 17.5 Å². The van der Waals surface area contributed by atoms with E-state index >= 15 is 0 Å². The van der Waals surface area contributed by atoms with Crippen LogP contribution in [-0.2, 0) is 4.74 Å². The molecule has 0 aromatic heterocycles. The Morgan fingerprint density at radius 2 is 1.28 bits per heavy atom. The van der Waals surface area contributed by atoms with Gasteiger partial charge in [-0.3, -0.25) is 0 Å². The van der Waals surface area contributed by atoms with Crippen molar-refractivity contribution in [1.29, 1.82) is 0 Å². The maximum atomic E-state index is 13.5. The predicted molar refractivity (Wildman–Crippen MR) is 109 cm³/mol. The molecule has 0 spiro atoms. The SMILES string of the molecule is CCCC1CCC(c2ccc(-c3ccc(-c4cc(F)c(F)c(F)c4)cc3)cc2)O1. The zero-order chi connectivity index (χ0) is 20.4. The predicted octanol–water partition coefficient (Wildman–Crippen LogP) is 7.46. The third kappa shape index (κ3) is 4.23. The average Bonchev–Trinajstić information content (AvgIpc) is 3.21. The molecule has 1 fully saturated rings. The lowest BCUT2D eigenvalue weighted by atomic mass is 9.98. The number of hydrogen-bond acceptors (Lipinski definition) is 1. The van der Waals surface area contributed by atoms with E-state index in [1.54, 1.807) is 12.1 Å². The van der Waals surface area contributed by atoms with Crippen molar-refractivity contribution in [3.05, 3.63) is 83.7 Å². The maximum Gasteiger partial charge on any atom is 0.194 e. The van der Waals surface area contributed by atoms with E-state index in [0.29, 0.717) is 17.2 Å². The highest BCUT2D eigenvalue weighted by Gasteiger charge is 2.25. The van der Waals surface area contributed by atoms with Crippen LogP contribution in [0.1, 0.15) is 44.3 Å². The third-order valence-corrected chi connectivity index (χ3v) is 5.54. The van der Waals surface area contributed by atoms with Crippen molar-refractivity contribution in [2.75, 3.05) is 0 Å². The van der Waals surface area contributed by atoms with Gasteiger partial charge in [-0.25, -0.2) is 13.2 Å². The summed E-state index contributed by atoms with van der Waals surface area (Å²) in [5, 5.41) is 0. The molecule has 0 N–H and O–H groups in total. The van der Waals surface area contributed by atoms with E-state index in [-0.39, 0.29) is 6.10 Å². The summed E-state index contributed by atoms with van der Waals surface area (Å²) in [7, 11) is 0. The molecule has 3 aromatic rings. The fraction of sp³-hybridized carbons (Fsp3) is 0.280. The van der Waals surface area contributed by atoms with Crippen LogP contribution in [0.3, 0.4) is 0 Å². The van der Waals surface area contributed by atoms with Gasteiger partial charge in [0.25, 0.3) is 0 Å². The van der Waals surface area contributed by atoms with Crippen molar-refractivity contribution >= 4 is 0 Å². The molecule has 0 bridgehead atoms. The van der Waals surface area contributed by atoms with Crippen LogP contribution in [0.25, 0.3) is 22.3 Å². The van der Waals surface area contributed by atoms with Gasteiger partial charge in [0.1, 0.15) is 0 Å². The van der Waals surface area contributed by atoms with Crippen molar-refractivity contribution in [3.63, 3.8) is 0 Å². The molecule has 0 radical (unpaired) electrons. The van der Waals surface area contributed by atoms with Gasteiger partial charge in [0.15, 0.2) is 17.5 Å². The molecule has 1 nitrogen and oxygen atoms in total. The third-order valence-electron chi connectivity index (χ3n) is 5.54. The Morgan fingerprint density at radius 1 is 0.759 bits per heavy atom. The van der Waals surface area contributed by atoms with Crippen LogP contribution in [0.5, 0.6) is 0 Å². The summed E-state index contributed by atoms with van der Waals surface area (Å²) >= 11 is 0. The first-order valence-corrected chi connectivity index (χ1v) is 10.1. The van der Waals surface area contributed by atoms with Gasteiger partial charge in [-0.15, -0.1) is 0 Å². The molecule has 29 heavy (non-hydrogen) atoms. The van der Waals surface area contributed by atoms with Crippen LogP contribution in [-0.4, -0.2) is 6.10 Å². The topological polar surface area (TPSA) is 9.23 Å². The normalized spacial score (nSPS) is 18.9. The fourth-order valence-corrected chi connectivity index (χ4v) is 3.95. The summed E-state index contributed by atoms with van der Waals surface area (Å²) < 4.78 is 46.3. The molecule has 2 atom stereocenters. The monoisotopic (exact) mass is 396 g/mol. The van der Waals surface area contributed by atoms with Crippen molar-refractivity contribution in [3.8, 4) is 22.3 Å². The second-order valence-electron chi connectivity index (χ2n) is 7.57. The lowest BCUT2D eigenvalue weighted by molar-refractivity contribution is 0.0397. The zero-order valence-corrected chi connectivity index (χ0v) is 16.3. The molecule has 3 aromatic carbocycles. The molecule has 150 valence electrons. The zero-order valence-electron chi connectivity index (χ0n) is 16.3. The average molecular weight is 396 g/mol. The molecule has 4 heteroatoms. The molecule has 0 aliphatic carbocycles. The number of hydrogen-bond donors (Lipinski definition) is 0. The minimum absolute atomic E-state index is 0.172. The summed E-state index contributed by atoms with van der Waals surface area (Å²) in [6.07, 6.45) is 4.98. The van der Waals surface area contributed by atoms with Crippen LogP contribution in [0.15, 0.2) is 60.7 Å². The Labute approximate surface area is 169 Å². The molecule has 1 heterocycles. The summed E-state index contributed by atoms with van der Waals surface area (Å²) in [5.74, 6) is -3.82. The Kier molecular flexibility index (Phi) is 5.72. The number of rotatable bonds is 5. The molecular weight excluding hydrogens is 373 g/mol. The molecule has 0 amide bonds. The largest absolute Gasteiger partial charge is 0.370 e. The Morgan fingerprint density at radius 3 is 1.83 bits per heavy atom. The van der Waals surface area contributed by atoms with Gasteiger partial charge in [-0.1, -0.05) is 61.9 Å². The minimum Gasteiger partial charge on any atom is -0.370 e. The van der Waals surface area contributed by atoms with Gasteiger partial charge in [0, 0.05) is 0 Å². The second-order valence-corrected chi connectivity index (χ2v) is 7.57. The number of ether oxygens (including phenoxy) is 1. The summed E-state index contributed by atoms with van der Waals surface area (Å²) in [6, 6.07) is 17.7. The minimum atomic E-state index is -1.45. The van der Waals surface area contributed by atoms with E-state index in [2.05, 4.69) is 31.2 Å². The number of benzene rings is 3. The van der Waals surface area contributed by atoms with E-state index in [4.69, 9.17) is 4.74 Å². The molecule has 0 saturated carbocycles. The van der Waals surface area contributed by atoms with Crippen LogP contribution in [0, 0.1) is 17.5 Å². The summed E-state index contributed by atoms with van der Waals surface area (Å²) in [6.45, 7) is 2.18. The van der Waals surface area contributed by atoms with Gasteiger partial charge in [0.05, 0.1) is 12.2 Å². The highest BCUT2D eigenvalue weighted by Crippen LogP contribution is 2.35. The molecule has 4 rings (SSSR count). The molecule has 2 unspecified atom stereocenters. The fourth-order valence-electron chi connectivity index (χ4n) is 3.95. The van der Waals surface area contributed by atoms with E-state index in [1.165, 1.54) is 5.56 Å². The second kappa shape index (κ2) is 8.42. The molecule has 1 aliphatic heterocycles. The van der Waals surface area contributed by atoms with Gasteiger partial charge < -0.3 is 4.74 Å². The van der Waals surface area contributed by atoms with Gasteiger partial charge in [-0.2, -0.15) is 0 Å². The summed E-state index contributed by atoms with van der Waals surface area (Å²) in [5.41, 5.74) is 4.19. The first-order chi connectivity index (χ1) is 14.0. The maximum absolute atomic E-state index is 13.5. The highest BCUT2D eigenvalue weighted by atomic mass is 19.2. The Bertz CT molecular complexity index is 957. The summed E-state index contributed by atoms with van der Waals surface area (Å²) in [4.78, 5) is 0. The number of halogens is 3. The van der Waals surface area contributed by atoms with Gasteiger partial charge in [0.2, 0.25) is 0 Å². The van der Waals surface area contributed by atoms with E-state index in [0.717, 1.165) is 48.9 Å². The van der Waals surface area contributed by atoms with Crippen LogP contribution in [0.4, 0.5) is 13.2 Å². The highest BCUT2D eigenvalue weighted by molar-refractivity contribution is 5.70. The van der Waals surface area contributed by atoms with Crippen molar-refractivity contribution in [2.45, 2.75) is 44.8 Å². The lowest BCUT2D eigenvalue weighted by Gasteiger charge is -2.14. The van der Waals surface area contributed by atoms with Crippen LogP contribution >= 0.6 is 0 Å².